The zero-order valence-corrected chi connectivity index (χ0v) is 19.4. The predicted molar refractivity (Wildman–Crippen MR) is 124 cm³/mol. The Hall–Kier alpha value is -3.40. The molecule has 1 heterocycles. The van der Waals surface area contributed by atoms with Crippen molar-refractivity contribution in [3.8, 4) is 11.5 Å². The van der Waals surface area contributed by atoms with Crippen molar-refractivity contribution >= 4 is 23.7 Å². The van der Waals surface area contributed by atoms with Gasteiger partial charge in [-0.2, -0.15) is 9.78 Å². The Balaban J connectivity index is 1.97. The summed E-state index contributed by atoms with van der Waals surface area (Å²) in [5, 5.41) is 25.2. The first kappa shape index (κ1) is 23.3. The van der Waals surface area contributed by atoms with E-state index in [1.54, 1.807) is 10.7 Å². The molecule has 168 valence electrons. The number of nitro groups is 1. The molecule has 32 heavy (non-hydrogen) atoms. The van der Waals surface area contributed by atoms with E-state index in [0.29, 0.717) is 16.5 Å². The SMILES string of the molecule is COc1cc(/C=N\n2c(SC)nnc2C(C)C)cc([N+](=O)[O-])c1OCc1ccccc1C. The number of hydrogen-bond donors (Lipinski definition) is 0. The van der Waals surface area contributed by atoms with E-state index < -0.39 is 4.92 Å². The summed E-state index contributed by atoms with van der Waals surface area (Å²) in [7, 11) is 1.45. The first-order chi connectivity index (χ1) is 15.3. The highest BCUT2D eigenvalue weighted by molar-refractivity contribution is 7.98. The standard InChI is InChI=1S/C22H25N5O4S/c1-14(2)21-24-25-22(32-5)26(21)23-12-16-10-18(27(28)29)20(19(11-16)30-4)31-13-17-9-7-6-8-15(17)3/h6-12,14H,13H2,1-5H3/b23-12-. The normalized spacial score (nSPS) is 11.3. The van der Waals surface area contributed by atoms with Crippen LogP contribution in [0.25, 0.3) is 0 Å². The Morgan fingerprint density at radius 2 is 2.03 bits per heavy atom. The fraction of sp³-hybridized carbons (Fsp3) is 0.318. The molecule has 0 radical (unpaired) electrons. The molecule has 0 amide bonds. The summed E-state index contributed by atoms with van der Waals surface area (Å²) < 4.78 is 12.9. The third-order valence-electron chi connectivity index (χ3n) is 4.76. The zero-order valence-electron chi connectivity index (χ0n) is 18.6. The minimum Gasteiger partial charge on any atom is -0.493 e. The van der Waals surface area contributed by atoms with Gasteiger partial charge in [0.25, 0.3) is 0 Å². The molecule has 0 bridgehead atoms. The summed E-state index contributed by atoms with van der Waals surface area (Å²) in [6.45, 7) is 6.14. The molecule has 2 aromatic carbocycles. The minimum atomic E-state index is -0.487. The molecule has 0 unspecified atom stereocenters. The van der Waals surface area contributed by atoms with Crippen LogP contribution in [0.5, 0.6) is 11.5 Å². The van der Waals surface area contributed by atoms with E-state index in [4.69, 9.17) is 9.47 Å². The Morgan fingerprint density at radius 3 is 2.66 bits per heavy atom. The van der Waals surface area contributed by atoms with Gasteiger partial charge in [-0.25, -0.2) is 0 Å². The summed E-state index contributed by atoms with van der Waals surface area (Å²) in [6, 6.07) is 10.8. The van der Waals surface area contributed by atoms with Crippen molar-refractivity contribution in [2.75, 3.05) is 13.4 Å². The minimum absolute atomic E-state index is 0.0786. The van der Waals surface area contributed by atoms with Crippen molar-refractivity contribution in [3.63, 3.8) is 0 Å². The topological polar surface area (TPSA) is 105 Å². The van der Waals surface area contributed by atoms with Crippen molar-refractivity contribution in [1.82, 2.24) is 14.9 Å². The van der Waals surface area contributed by atoms with E-state index in [0.717, 1.165) is 11.1 Å². The number of nitrogens with zero attached hydrogens (tertiary/aromatic N) is 5. The van der Waals surface area contributed by atoms with Crippen molar-refractivity contribution < 1.29 is 14.4 Å². The molecule has 9 nitrogen and oxygen atoms in total. The molecule has 0 spiro atoms. The van der Waals surface area contributed by atoms with Crippen LogP contribution < -0.4 is 9.47 Å². The van der Waals surface area contributed by atoms with Crippen molar-refractivity contribution in [2.45, 2.75) is 38.5 Å². The van der Waals surface area contributed by atoms with Gasteiger partial charge >= 0.3 is 5.69 Å². The monoisotopic (exact) mass is 455 g/mol. The number of hydrogen-bond acceptors (Lipinski definition) is 8. The van der Waals surface area contributed by atoms with E-state index in [1.807, 2.05) is 51.3 Å². The van der Waals surface area contributed by atoms with Gasteiger partial charge in [-0.15, -0.1) is 10.2 Å². The number of nitro benzene ring substituents is 1. The number of ether oxygens (including phenoxy) is 2. The van der Waals surface area contributed by atoms with Crippen LogP contribution in [0.2, 0.25) is 0 Å². The highest BCUT2D eigenvalue weighted by Gasteiger charge is 2.23. The van der Waals surface area contributed by atoms with Crippen molar-refractivity contribution in [2.24, 2.45) is 5.10 Å². The smallest absolute Gasteiger partial charge is 0.315 e. The van der Waals surface area contributed by atoms with Gasteiger partial charge in [0.1, 0.15) is 6.61 Å². The van der Waals surface area contributed by atoms with E-state index in [-0.39, 0.29) is 29.7 Å². The number of aryl methyl sites for hydroxylation is 1. The van der Waals surface area contributed by atoms with Gasteiger partial charge in [0, 0.05) is 17.5 Å². The van der Waals surface area contributed by atoms with Gasteiger partial charge in [-0.3, -0.25) is 10.1 Å². The summed E-state index contributed by atoms with van der Waals surface area (Å²) in [6.07, 6.45) is 3.41. The second kappa shape index (κ2) is 10.3. The first-order valence-corrected chi connectivity index (χ1v) is 11.2. The second-order valence-electron chi connectivity index (χ2n) is 7.30. The summed E-state index contributed by atoms with van der Waals surface area (Å²) >= 11 is 1.42. The molecule has 0 aliphatic rings. The molecular weight excluding hydrogens is 430 g/mol. The highest BCUT2D eigenvalue weighted by Crippen LogP contribution is 2.38. The molecule has 0 aliphatic heterocycles. The molecule has 0 atom stereocenters. The number of aromatic nitrogens is 3. The summed E-state index contributed by atoms with van der Waals surface area (Å²) in [4.78, 5) is 11.3. The number of methoxy groups -OCH3 is 1. The summed E-state index contributed by atoms with van der Waals surface area (Å²) in [5.41, 5.74) is 2.27. The molecule has 0 fully saturated rings. The Kier molecular flexibility index (Phi) is 7.47. The average molecular weight is 456 g/mol. The van der Waals surface area contributed by atoms with Crippen LogP contribution in [0.1, 0.15) is 42.3 Å². The van der Waals surface area contributed by atoms with E-state index in [9.17, 15) is 10.1 Å². The van der Waals surface area contributed by atoms with Crippen LogP contribution in [0.4, 0.5) is 5.69 Å². The average Bonchev–Trinajstić information content (AvgIpc) is 3.20. The largest absolute Gasteiger partial charge is 0.493 e. The maximum Gasteiger partial charge on any atom is 0.315 e. The van der Waals surface area contributed by atoms with Gasteiger partial charge < -0.3 is 9.47 Å². The van der Waals surface area contributed by atoms with E-state index in [1.165, 1.54) is 31.2 Å². The molecule has 0 N–H and O–H groups in total. The maximum atomic E-state index is 11.8. The zero-order chi connectivity index (χ0) is 23.3. The van der Waals surface area contributed by atoms with Gasteiger partial charge in [0.05, 0.1) is 18.2 Å². The van der Waals surface area contributed by atoms with Crippen LogP contribution >= 0.6 is 11.8 Å². The Bertz CT molecular complexity index is 1140. The molecule has 0 saturated carbocycles. The maximum absolute atomic E-state index is 11.8. The quantitative estimate of drug-likeness (QED) is 0.197. The lowest BCUT2D eigenvalue weighted by Crippen LogP contribution is -2.04. The van der Waals surface area contributed by atoms with Crippen LogP contribution in [-0.2, 0) is 6.61 Å². The third kappa shape index (κ3) is 5.08. The first-order valence-electron chi connectivity index (χ1n) is 9.93. The highest BCUT2D eigenvalue weighted by atomic mass is 32.2. The number of thioether (sulfide) groups is 1. The Morgan fingerprint density at radius 1 is 1.28 bits per heavy atom. The van der Waals surface area contributed by atoms with Crippen molar-refractivity contribution in [1.29, 1.82) is 0 Å². The lowest BCUT2D eigenvalue weighted by molar-refractivity contribution is -0.386. The molecule has 0 saturated heterocycles. The lowest BCUT2D eigenvalue weighted by atomic mass is 10.1. The molecular formula is C22H25N5O4S. The Labute approximate surface area is 190 Å². The van der Waals surface area contributed by atoms with Gasteiger partial charge in [0.15, 0.2) is 11.6 Å². The molecule has 0 aliphatic carbocycles. The fourth-order valence-corrected chi connectivity index (χ4v) is 3.47. The molecule has 1 aromatic heterocycles. The van der Waals surface area contributed by atoms with Gasteiger partial charge in [-0.05, 0) is 30.4 Å². The van der Waals surface area contributed by atoms with Crippen LogP contribution in [-0.4, -0.2) is 39.4 Å². The van der Waals surface area contributed by atoms with Gasteiger partial charge in [0.2, 0.25) is 10.9 Å². The third-order valence-corrected chi connectivity index (χ3v) is 5.38. The molecule has 3 rings (SSSR count). The molecule has 10 heteroatoms. The van der Waals surface area contributed by atoms with Crippen LogP contribution in [0, 0.1) is 17.0 Å². The van der Waals surface area contributed by atoms with Crippen LogP contribution in [0.15, 0.2) is 46.7 Å². The molecule has 3 aromatic rings. The van der Waals surface area contributed by atoms with Gasteiger partial charge in [-0.1, -0.05) is 49.9 Å². The lowest BCUT2D eigenvalue weighted by Gasteiger charge is -2.13. The number of benzene rings is 2. The fourth-order valence-electron chi connectivity index (χ4n) is 3.03. The predicted octanol–water partition coefficient (Wildman–Crippen LogP) is 4.81. The van der Waals surface area contributed by atoms with Crippen molar-refractivity contribution in [3.05, 3.63) is 69.0 Å². The van der Waals surface area contributed by atoms with E-state index >= 15 is 0 Å². The van der Waals surface area contributed by atoms with E-state index in [2.05, 4.69) is 15.3 Å². The number of rotatable bonds is 9. The summed E-state index contributed by atoms with van der Waals surface area (Å²) in [5.74, 6) is 1.15. The second-order valence-corrected chi connectivity index (χ2v) is 8.07. The van der Waals surface area contributed by atoms with Crippen LogP contribution in [0.3, 0.4) is 0 Å².